The van der Waals surface area contributed by atoms with Crippen LogP contribution in [0.15, 0.2) is 47.6 Å². The number of hydrazone groups is 1. The standard InChI is InChI=1S/C22H30N4O6S.C4H4O4/c1-3-32-21(30)17(10-9-16-7-5-4-6-8-16)23-15(2)18(27)26-19(20(28)29)33-22(24-26)25-11-13-31-14-12-25;5-3(6)1-2-4(7)8/h4-8,15,17,19,23H,3,9-14H2,1-2H3,(H,28,29);1-2H,(H,5,6)(H,7,8)/b;2-1-/t15-,17-,19-;/m0./s1. The third kappa shape index (κ3) is 11.2. The van der Waals surface area contributed by atoms with Crippen molar-refractivity contribution in [1.82, 2.24) is 15.2 Å². The number of carboxylic acid groups (broad SMARTS) is 3. The number of nitrogens with zero attached hydrogens (tertiary/aromatic N) is 3. The molecule has 0 spiro atoms. The molecule has 224 valence electrons. The topological polar surface area (TPSA) is 195 Å². The lowest BCUT2D eigenvalue weighted by atomic mass is 10.0. The fourth-order valence-electron chi connectivity index (χ4n) is 3.71. The molecule has 0 saturated carbocycles. The van der Waals surface area contributed by atoms with Gasteiger partial charge in [-0.2, -0.15) is 0 Å². The van der Waals surface area contributed by atoms with Crippen molar-refractivity contribution in [2.45, 2.75) is 44.1 Å². The third-order valence-electron chi connectivity index (χ3n) is 5.68. The molecule has 0 radical (unpaired) electrons. The molecule has 1 amide bonds. The SMILES string of the molecule is CCOC(=O)[C@H](CCc1ccccc1)N[C@@H](C)C(=O)N1N=C(N2CCOCC2)S[C@H]1C(=O)O.O=C(O)/C=C\C(=O)O. The summed E-state index contributed by atoms with van der Waals surface area (Å²) >= 11 is 1.03. The van der Waals surface area contributed by atoms with Crippen LogP contribution >= 0.6 is 11.8 Å². The van der Waals surface area contributed by atoms with E-state index in [1.54, 1.807) is 13.8 Å². The van der Waals surface area contributed by atoms with E-state index in [-0.39, 0.29) is 6.61 Å². The number of nitrogens with one attached hydrogen (secondary N) is 1. The maximum absolute atomic E-state index is 13.2. The summed E-state index contributed by atoms with van der Waals surface area (Å²) in [5.74, 6) is -4.64. The van der Waals surface area contributed by atoms with Gasteiger partial charge >= 0.3 is 23.9 Å². The molecular formula is C26H34N4O10S. The summed E-state index contributed by atoms with van der Waals surface area (Å²) < 4.78 is 10.5. The Kier molecular flexibility index (Phi) is 13.8. The predicted molar refractivity (Wildman–Crippen MR) is 148 cm³/mol. The van der Waals surface area contributed by atoms with E-state index in [4.69, 9.17) is 19.7 Å². The molecule has 3 atom stereocenters. The van der Waals surface area contributed by atoms with Crippen LogP contribution in [0.25, 0.3) is 0 Å². The zero-order valence-electron chi connectivity index (χ0n) is 22.7. The molecule has 41 heavy (non-hydrogen) atoms. The van der Waals surface area contributed by atoms with Gasteiger partial charge in [0, 0.05) is 25.2 Å². The Labute approximate surface area is 241 Å². The highest BCUT2D eigenvalue weighted by Crippen LogP contribution is 2.29. The fraction of sp³-hybridized carbons (Fsp3) is 0.462. The van der Waals surface area contributed by atoms with Crippen LogP contribution in [0.1, 0.15) is 25.8 Å². The summed E-state index contributed by atoms with van der Waals surface area (Å²) in [6, 6.07) is 8.15. The van der Waals surface area contributed by atoms with E-state index in [9.17, 15) is 29.1 Å². The molecule has 2 heterocycles. The largest absolute Gasteiger partial charge is 0.479 e. The van der Waals surface area contributed by atoms with Crippen LogP contribution in [-0.2, 0) is 39.9 Å². The second-order valence-corrected chi connectivity index (χ2v) is 9.75. The van der Waals surface area contributed by atoms with Crippen LogP contribution < -0.4 is 5.32 Å². The van der Waals surface area contributed by atoms with Gasteiger partial charge in [-0.1, -0.05) is 30.3 Å². The number of carboxylic acids is 3. The Morgan fingerprint density at radius 1 is 1.10 bits per heavy atom. The van der Waals surface area contributed by atoms with Crippen LogP contribution in [0.3, 0.4) is 0 Å². The third-order valence-corrected chi connectivity index (χ3v) is 6.85. The number of hydrogen-bond acceptors (Lipinski definition) is 11. The number of hydrogen-bond donors (Lipinski definition) is 4. The number of thioether (sulfide) groups is 1. The van der Waals surface area contributed by atoms with Gasteiger partial charge < -0.3 is 29.7 Å². The van der Waals surface area contributed by atoms with Gasteiger partial charge in [-0.3, -0.25) is 14.9 Å². The summed E-state index contributed by atoms with van der Waals surface area (Å²) in [5.41, 5.74) is 1.06. The highest BCUT2D eigenvalue weighted by molar-refractivity contribution is 8.15. The Morgan fingerprint density at radius 2 is 1.71 bits per heavy atom. The van der Waals surface area contributed by atoms with Crippen molar-refractivity contribution in [3.05, 3.63) is 48.0 Å². The average Bonchev–Trinajstić information content (AvgIpc) is 3.41. The smallest absolute Gasteiger partial charge is 0.339 e. The highest BCUT2D eigenvalue weighted by atomic mass is 32.2. The van der Waals surface area contributed by atoms with Crippen molar-refractivity contribution in [1.29, 1.82) is 0 Å². The summed E-state index contributed by atoms with van der Waals surface area (Å²) in [4.78, 5) is 58.5. The Bertz CT molecular complexity index is 1110. The zero-order valence-corrected chi connectivity index (χ0v) is 23.5. The minimum absolute atomic E-state index is 0.224. The Morgan fingerprint density at radius 3 is 2.24 bits per heavy atom. The number of morpholine rings is 1. The lowest BCUT2D eigenvalue weighted by Crippen LogP contribution is -2.52. The lowest BCUT2D eigenvalue weighted by molar-refractivity contribution is -0.149. The molecule has 2 aliphatic rings. The number of ether oxygens (including phenoxy) is 2. The van der Waals surface area contributed by atoms with Gasteiger partial charge in [0.15, 0.2) is 5.17 Å². The van der Waals surface area contributed by atoms with Gasteiger partial charge in [0.25, 0.3) is 5.91 Å². The Hall–Kier alpha value is -3.95. The predicted octanol–water partition coefficient (Wildman–Crippen LogP) is 0.830. The van der Waals surface area contributed by atoms with Crippen molar-refractivity contribution in [3.8, 4) is 0 Å². The van der Waals surface area contributed by atoms with E-state index < -0.39 is 47.2 Å². The Balaban J connectivity index is 0.000000642. The van der Waals surface area contributed by atoms with Crippen molar-refractivity contribution in [2.24, 2.45) is 5.10 Å². The molecule has 0 bridgehead atoms. The number of esters is 1. The minimum atomic E-state index is -1.26. The first-order valence-electron chi connectivity index (χ1n) is 12.8. The summed E-state index contributed by atoms with van der Waals surface area (Å²) in [6.45, 7) is 5.75. The van der Waals surface area contributed by atoms with Crippen LogP contribution in [0.4, 0.5) is 0 Å². The number of benzene rings is 1. The van der Waals surface area contributed by atoms with E-state index in [0.717, 1.165) is 22.3 Å². The number of amides is 1. The minimum Gasteiger partial charge on any atom is -0.479 e. The molecule has 0 aromatic heterocycles. The maximum Gasteiger partial charge on any atom is 0.339 e. The van der Waals surface area contributed by atoms with Gasteiger partial charge in [-0.15, -0.1) is 5.10 Å². The van der Waals surface area contributed by atoms with Crippen molar-refractivity contribution < 1.29 is 48.8 Å². The first kappa shape index (κ1) is 33.3. The second kappa shape index (κ2) is 17.0. The van der Waals surface area contributed by atoms with E-state index in [2.05, 4.69) is 10.4 Å². The van der Waals surface area contributed by atoms with E-state index in [1.165, 1.54) is 0 Å². The summed E-state index contributed by atoms with van der Waals surface area (Å²) in [6.07, 6.45) is 2.17. The maximum atomic E-state index is 13.2. The second-order valence-electron chi connectivity index (χ2n) is 8.70. The molecule has 4 N–H and O–H groups in total. The first-order valence-corrected chi connectivity index (χ1v) is 13.7. The van der Waals surface area contributed by atoms with Gasteiger partial charge in [0.2, 0.25) is 5.37 Å². The quantitative estimate of drug-likeness (QED) is 0.208. The molecule has 1 saturated heterocycles. The number of aryl methyl sites for hydroxylation is 1. The summed E-state index contributed by atoms with van der Waals surface area (Å²) in [5, 5.41) is 32.9. The molecule has 1 fully saturated rings. The monoisotopic (exact) mass is 594 g/mol. The zero-order chi connectivity index (χ0) is 30.4. The van der Waals surface area contributed by atoms with Gasteiger partial charge in [-0.05, 0) is 44.0 Å². The first-order chi connectivity index (χ1) is 19.5. The molecule has 15 heteroatoms. The number of amidine groups is 1. The number of carbonyl (C=O) groups excluding carboxylic acids is 2. The summed E-state index contributed by atoms with van der Waals surface area (Å²) in [7, 11) is 0. The average molecular weight is 595 g/mol. The number of rotatable bonds is 11. The molecule has 1 aromatic carbocycles. The number of carbonyl (C=O) groups is 5. The molecule has 14 nitrogen and oxygen atoms in total. The van der Waals surface area contributed by atoms with Gasteiger partial charge in [0.1, 0.15) is 6.04 Å². The molecule has 3 rings (SSSR count). The van der Waals surface area contributed by atoms with Crippen molar-refractivity contribution in [3.63, 3.8) is 0 Å². The van der Waals surface area contributed by atoms with Crippen molar-refractivity contribution >= 4 is 46.7 Å². The lowest BCUT2D eigenvalue weighted by Gasteiger charge is -2.27. The normalized spacial score (nSPS) is 18.1. The van der Waals surface area contributed by atoms with Crippen LogP contribution in [-0.4, -0.2) is 111 Å². The van der Waals surface area contributed by atoms with Gasteiger partial charge in [0.05, 0.1) is 25.9 Å². The fourth-order valence-corrected chi connectivity index (χ4v) is 4.73. The van der Waals surface area contributed by atoms with E-state index in [0.29, 0.717) is 56.5 Å². The van der Waals surface area contributed by atoms with Gasteiger partial charge in [-0.25, -0.2) is 19.4 Å². The van der Waals surface area contributed by atoms with Crippen molar-refractivity contribution in [2.75, 3.05) is 32.9 Å². The molecular weight excluding hydrogens is 560 g/mol. The molecule has 0 aliphatic carbocycles. The molecule has 0 unspecified atom stereocenters. The molecule has 1 aromatic rings. The molecule has 2 aliphatic heterocycles. The van der Waals surface area contributed by atoms with Crippen LogP contribution in [0.5, 0.6) is 0 Å². The highest BCUT2D eigenvalue weighted by Gasteiger charge is 2.41. The van der Waals surface area contributed by atoms with E-state index in [1.807, 2.05) is 35.2 Å². The number of aliphatic carboxylic acids is 3. The van der Waals surface area contributed by atoms with Crippen LogP contribution in [0, 0.1) is 0 Å². The van der Waals surface area contributed by atoms with Crippen LogP contribution in [0.2, 0.25) is 0 Å². The van der Waals surface area contributed by atoms with E-state index >= 15 is 0 Å².